The van der Waals surface area contributed by atoms with E-state index in [1.54, 1.807) is 23.0 Å². The second-order valence-corrected chi connectivity index (χ2v) is 4.73. The monoisotopic (exact) mass is 255 g/mol. The Kier molecular flexibility index (Phi) is 2.74. The van der Waals surface area contributed by atoms with E-state index in [-0.39, 0.29) is 5.56 Å². The van der Waals surface area contributed by atoms with Crippen LogP contribution in [0.2, 0.25) is 0 Å². The Morgan fingerprint density at radius 3 is 2.94 bits per heavy atom. The summed E-state index contributed by atoms with van der Waals surface area (Å²) in [6.45, 7) is 0. The van der Waals surface area contributed by atoms with E-state index in [0.717, 1.165) is 10.4 Å². The van der Waals surface area contributed by atoms with Gasteiger partial charge in [-0.05, 0) is 17.7 Å². The maximum atomic E-state index is 11.6. The molecule has 5 heteroatoms. The predicted octanol–water partition coefficient (Wildman–Crippen LogP) is 2.32. The first kappa shape index (κ1) is 10.9. The average molecular weight is 255 g/mol. The molecule has 0 aromatic carbocycles. The van der Waals surface area contributed by atoms with Gasteiger partial charge in [-0.3, -0.25) is 14.2 Å². The predicted molar refractivity (Wildman–Crippen MR) is 72.5 cm³/mol. The van der Waals surface area contributed by atoms with Crippen molar-refractivity contribution in [2.75, 3.05) is 0 Å². The second kappa shape index (κ2) is 4.54. The molecule has 0 fully saturated rings. The van der Waals surface area contributed by atoms with Crippen molar-refractivity contribution < 1.29 is 0 Å². The van der Waals surface area contributed by atoms with Gasteiger partial charge in [0.15, 0.2) is 4.96 Å². The Morgan fingerprint density at radius 2 is 2.17 bits per heavy atom. The molecule has 0 N–H and O–H groups in total. The standard InChI is InChI=1S/C13H9N3OS/c17-12-5-7-15-13-16(12)9-11(18-13)4-3-10-2-1-6-14-8-10/h1-9H. The van der Waals surface area contributed by atoms with E-state index in [1.165, 1.54) is 23.6 Å². The minimum atomic E-state index is -0.0581. The smallest absolute Gasteiger partial charge is 0.258 e. The highest BCUT2D eigenvalue weighted by molar-refractivity contribution is 7.17. The van der Waals surface area contributed by atoms with E-state index in [9.17, 15) is 4.79 Å². The Bertz CT molecular complexity index is 759. The zero-order valence-electron chi connectivity index (χ0n) is 9.35. The molecule has 0 radical (unpaired) electrons. The van der Waals surface area contributed by atoms with E-state index in [4.69, 9.17) is 0 Å². The van der Waals surface area contributed by atoms with E-state index < -0.39 is 0 Å². The van der Waals surface area contributed by atoms with Crippen LogP contribution >= 0.6 is 11.3 Å². The van der Waals surface area contributed by atoms with Gasteiger partial charge in [0.2, 0.25) is 0 Å². The van der Waals surface area contributed by atoms with Gasteiger partial charge in [0.25, 0.3) is 5.56 Å². The summed E-state index contributed by atoms with van der Waals surface area (Å²) in [6.07, 6.45) is 10.8. The highest BCUT2D eigenvalue weighted by atomic mass is 32.1. The summed E-state index contributed by atoms with van der Waals surface area (Å²) in [5, 5.41) is 0. The molecule has 0 spiro atoms. The lowest BCUT2D eigenvalue weighted by atomic mass is 10.2. The SMILES string of the molecule is O=c1ccnc2sc(C=Cc3cccnc3)cn12. The fraction of sp³-hybridized carbons (Fsp3) is 0. The minimum absolute atomic E-state index is 0.0581. The summed E-state index contributed by atoms with van der Waals surface area (Å²) in [5.74, 6) is 0. The zero-order chi connectivity index (χ0) is 12.4. The molecule has 0 unspecified atom stereocenters. The summed E-state index contributed by atoms with van der Waals surface area (Å²) in [5.41, 5.74) is 0.965. The van der Waals surface area contributed by atoms with Crippen molar-refractivity contribution in [3.63, 3.8) is 0 Å². The van der Waals surface area contributed by atoms with Crippen LogP contribution in [0.25, 0.3) is 17.1 Å². The summed E-state index contributed by atoms with van der Waals surface area (Å²) in [6, 6.07) is 5.31. The highest BCUT2D eigenvalue weighted by Gasteiger charge is 2.00. The number of hydrogen-bond acceptors (Lipinski definition) is 4. The summed E-state index contributed by atoms with van der Waals surface area (Å²) in [7, 11) is 0. The lowest BCUT2D eigenvalue weighted by Gasteiger charge is -1.88. The normalized spacial score (nSPS) is 11.3. The zero-order valence-corrected chi connectivity index (χ0v) is 10.2. The Labute approximate surface area is 107 Å². The highest BCUT2D eigenvalue weighted by Crippen LogP contribution is 2.16. The van der Waals surface area contributed by atoms with Crippen molar-refractivity contribution in [2.24, 2.45) is 0 Å². The first-order valence-corrected chi connectivity index (χ1v) is 6.20. The molecule has 0 aliphatic heterocycles. The maximum absolute atomic E-state index is 11.6. The summed E-state index contributed by atoms with van der Waals surface area (Å²) < 4.78 is 1.55. The first-order valence-electron chi connectivity index (χ1n) is 5.38. The van der Waals surface area contributed by atoms with Crippen LogP contribution in [0.15, 0.2) is 47.8 Å². The van der Waals surface area contributed by atoms with Crippen molar-refractivity contribution in [3.8, 4) is 0 Å². The van der Waals surface area contributed by atoms with Crippen LogP contribution in [-0.4, -0.2) is 14.4 Å². The number of rotatable bonds is 2. The van der Waals surface area contributed by atoms with Gasteiger partial charge in [0.05, 0.1) is 0 Å². The molecule has 0 saturated heterocycles. The third kappa shape index (κ3) is 2.08. The van der Waals surface area contributed by atoms with Crippen LogP contribution in [0.3, 0.4) is 0 Å². The Balaban J connectivity index is 1.99. The van der Waals surface area contributed by atoms with E-state index in [0.29, 0.717) is 4.96 Å². The van der Waals surface area contributed by atoms with Gasteiger partial charge in [-0.2, -0.15) is 0 Å². The largest absolute Gasteiger partial charge is 0.269 e. The number of aromatic nitrogens is 3. The molecule has 3 heterocycles. The topological polar surface area (TPSA) is 47.3 Å². The molecule has 0 amide bonds. The van der Waals surface area contributed by atoms with Crippen molar-refractivity contribution in [1.29, 1.82) is 0 Å². The molecule has 3 rings (SSSR count). The molecule has 4 nitrogen and oxygen atoms in total. The van der Waals surface area contributed by atoms with Gasteiger partial charge < -0.3 is 0 Å². The number of hydrogen-bond donors (Lipinski definition) is 0. The van der Waals surface area contributed by atoms with Crippen molar-refractivity contribution in [1.82, 2.24) is 14.4 Å². The third-order valence-electron chi connectivity index (χ3n) is 2.44. The lowest BCUT2D eigenvalue weighted by molar-refractivity contribution is 1.08. The molecule has 3 aromatic heterocycles. The molecule has 0 saturated carbocycles. The molecule has 0 bridgehead atoms. The van der Waals surface area contributed by atoms with E-state index in [2.05, 4.69) is 9.97 Å². The van der Waals surface area contributed by atoms with Crippen LogP contribution in [0.5, 0.6) is 0 Å². The fourth-order valence-electron chi connectivity index (χ4n) is 1.58. The molecular weight excluding hydrogens is 246 g/mol. The molecule has 0 aliphatic rings. The van der Waals surface area contributed by atoms with Crippen LogP contribution in [-0.2, 0) is 0 Å². The molecule has 88 valence electrons. The fourth-order valence-corrected chi connectivity index (χ4v) is 2.44. The quantitative estimate of drug-likeness (QED) is 0.706. The molecular formula is C13H9N3OS. The van der Waals surface area contributed by atoms with Gasteiger partial charge in [-0.25, -0.2) is 4.98 Å². The van der Waals surface area contributed by atoms with Crippen LogP contribution in [0.1, 0.15) is 10.4 Å². The van der Waals surface area contributed by atoms with Gasteiger partial charge >= 0.3 is 0 Å². The van der Waals surface area contributed by atoms with Crippen molar-refractivity contribution >= 4 is 28.4 Å². The van der Waals surface area contributed by atoms with Crippen LogP contribution in [0, 0.1) is 0 Å². The van der Waals surface area contributed by atoms with E-state index in [1.807, 2.05) is 24.3 Å². The van der Waals surface area contributed by atoms with Gasteiger partial charge in [-0.15, -0.1) is 0 Å². The van der Waals surface area contributed by atoms with Gasteiger partial charge in [-0.1, -0.05) is 23.5 Å². The molecule has 0 aliphatic carbocycles. The van der Waals surface area contributed by atoms with E-state index >= 15 is 0 Å². The Hall–Kier alpha value is -2.27. The molecule has 18 heavy (non-hydrogen) atoms. The first-order chi connectivity index (χ1) is 8.83. The summed E-state index contributed by atoms with van der Waals surface area (Å²) in [4.78, 5) is 21.4. The molecule has 3 aromatic rings. The number of thiazole rings is 1. The van der Waals surface area contributed by atoms with Crippen LogP contribution in [0.4, 0.5) is 0 Å². The summed E-state index contributed by atoms with van der Waals surface area (Å²) >= 11 is 1.48. The lowest BCUT2D eigenvalue weighted by Crippen LogP contribution is -2.09. The molecule has 0 atom stereocenters. The maximum Gasteiger partial charge on any atom is 0.258 e. The number of fused-ring (bicyclic) bond motifs is 1. The second-order valence-electron chi connectivity index (χ2n) is 3.69. The van der Waals surface area contributed by atoms with Crippen molar-refractivity contribution in [2.45, 2.75) is 0 Å². The van der Waals surface area contributed by atoms with Gasteiger partial charge in [0, 0.05) is 35.7 Å². The minimum Gasteiger partial charge on any atom is -0.269 e. The van der Waals surface area contributed by atoms with Gasteiger partial charge in [0.1, 0.15) is 0 Å². The van der Waals surface area contributed by atoms with Crippen molar-refractivity contribution in [3.05, 3.63) is 63.8 Å². The Morgan fingerprint density at radius 1 is 1.22 bits per heavy atom. The number of pyridine rings is 1. The third-order valence-corrected chi connectivity index (χ3v) is 3.40. The van der Waals surface area contributed by atoms with Crippen LogP contribution < -0.4 is 5.56 Å². The average Bonchev–Trinajstić information content (AvgIpc) is 2.82. The number of nitrogens with zero attached hydrogens (tertiary/aromatic N) is 3.